The molecule has 1 saturated carbocycles. The Morgan fingerprint density at radius 1 is 1.24 bits per heavy atom. The molecule has 0 aliphatic heterocycles. The maximum Gasteiger partial charge on any atom is 0.306 e. The third-order valence-corrected chi connectivity index (χ3v) is 5.01. The van der Waals surface area contributed by atoms with Crippen molar-refractivity contribution in [3.05, 3.63) is 47.8 Å². The summed E-state index contributed by atoms with van der Waals surface area (Å²) in [4.78, 5) is 23.9. The second-order valence-electron chi connectivity index (χ2n) is 6.59. The molecule has 6 heteroatoms. The monoisotopic (exact) mass is 341 g/mol. The van der Waals surface area contributed by atoms with Crippen LogP contribution >= 0.6 is 0 Å². The zero-order valence-electron chi connectivity index (χ0n) is 14.3. The summed E-state index contributed by atoms with van der Waals surface area (Å²) in [5.41, 5.74) is 2.19. The molecule has 1 aliphatic carbocycles. The van der Waals surface area contributed by atoms with Crippen molar-refractivity contribution >= 4 is 11.9 Å². The second-order valence-corrected chi connectivity index (χ2v) is 6.59. The van der Waals surface area contributed by atoms with Gasteiger partial charge in [-0.1, -0.05) is 31.0 Å². The van der Waals surface area contributed by atoms with Crippen LogP contribution in [0, 0.1) is 18.8 Å². The van der Waals surface area contributed by atoms with Crippen molar-refractivity contribution in [1.29, 1.82) is 0 Å². The molecule has 25 heavy (non-hydrogen) atoms. The third kappa shape index (κ3) is 3.73. The van der Waals surface area contributed by atoms with Crippen molar-refractivity contribution in [1.82, 2.24) is 15.1 Å². The molecule has 0 radical (unpaired) electrons. The summed E-state index contributed by atoms with van der Waals surface area (Å²) in [6, 6.07) is 9.64. The Balaban J connectivity index is 1.68. The molecule has 1 amide bonds. The molecule has 2 aromatic rings. The van der Waals surface area contributed by atoms with E-state index in [0.29, 0.717) is 18.5 Å². The fourth-order valence-electron chi connectivity index (χ4n) is 3.56. The maximum absolute atomic E-state index is 12.5. The molecule has 1 fully saturated rings. The van der Waals surface area contributed by atoms with Gasteiger partial charge in [0.25, 0.3) is 5.91 Å². The first kappa shape index (κ1) is 17.2. The van der Waals surface area contributed by atoms with Crippen molar-refractivity contribution < 1.29 is 14.7 Å². The normalized spacial score (nSPS) is 20.2. The first-order valence-corrected chi connectivity index (χ1v) is 8.69. The molecular formula is C19H23N3O3. The van der Waals surface area contributed by atoms with E-state index in [0.717, 1.165) is 30.6 Å². The van der Waals surface area contributed by atoms with Gasteiger partial charge in [0, 0.05) is 6.54 Å². The quantitative estimate of drug-likeness (QED) is 0.876. The lowest BCUT2D eigenvalue weighted by molar-refractivity contribution is -0.144. The van der Waals surface area contributed by atoms with Gasteiger partial charge in [0.05, 0.1) is 29.1 Å². The lowest BCUT2D eigenvalue weighted by Crippen LogP contribution is -2.37. The molecule has 1 heterocycles. The maximum atomic E-state index is 12.5. The molecule has 0 spiro atoms. The van der Waals surface area contributed by atoms with Gasteiger partial charge in [0.15, 0.2) is 0 Å². The van der Waals surface area contributed by atoms with Gasteiger partial charge in [-0.05, 0) is 37.8 Å². The van der Waals surface area contributed by atoms with Crippen LogP contribution in [0.25, 0.3) is 5.69 Å². The van der Waals surface area contributed by atoms with Crippen LogP contribution in [0.4, 0.5) is 0 Å². The van der Waals surface area contributed by atoms with Gasteiger partial charge in [-0.15, -0.1) is 0 Å². The Morgan fingerprint density at radius 3 is 2.68 bits per heavy atom. The number of carbonyl (C=O) groups is 2. The van der Waals surface area contributed by atoms with E-state index < -0.39 is 5.97 Å². The topological polar surface area (TPSA) is 84.2 Å². The molecule has 0 bridgehead atoms. The number of aromatic nitrogens is 2. The number of nitrogens with zero attached hydrogens (tertiary/aromatic N) is 2. The number of carbonyl (C=O) groups excluding carboxylic acids is 1. The molecular weight excluding hydrogens is 318 g/mol. The lowest BCUT2D eigenvalue weighted by atomic mass is 9.79. The minimum atomic E-state index is -0.757. The fourth-order valence-corrected chi connectivity index (χ4v) is 3.56. The number of hydrogen-bond donors (Lipinski definition) is 2. The van der Waals surface area contributed by atoms with Crippen molar-refractivity contribution in [3.63, 3.8) is 0 Å². The number of hydrogen-bond acceptors (Lipinski definition) is 3. The standard InChI is InChI=1S/C19H23N3O3/c1-13-17(12-21-22(13)15-8-3-2-4-9-15)18(23)20-11-14-7-5-6-10-16(14)19(24)25/h2-4,8-9,12,14,16H,5-7,10-11H2,1H3,(H,20,23)(H,24,25)/t14-,16-/m0/s1. The first-order chi connectivity index (χ1) is 12.1. The number of benzene rings is 1. The summed E-state index contributed by atoms with van der Waals surface area (Å²) in [6.07, 6.45) is 5.08. The Bertz CT molecular complexity index is 755. The number of rotatable bonds is 5. The highest BCUT2D eigenvalue weighted by Crippen LogP contribution is 2.29. The van der Waals surface area contributed by atoms with Crippen LogP contribution in [0.1, 0.15) is 41.7 Å². The second kappa shape index (κ2) is 7.51. The zero-order chi connectivity index (χ0) is 17.8. The smallest absolute Gasteiger partial charge is 0.306 e. The summed E-state index contributed by atoms with van der Waals surface area (Å²) >= 11 is 0. The zero-order valence-corrected chi connectivity index (χ0v) is 14.3. The number of carboxylic acid groups (broad SMARTS) is 1. The largest absolute Gasteiger partial charge is 0.481 e. The van der Waals surface area contributed by atoms with E-state index >= 15 is 0 Å². The van der Waals surface area contributed by atoms with Crippen LogP contribution in [0.5, 0.6) is 0 Å². The molecule has 2 N–H and O–H groups in total. The highest BCUT2D eigenvalue weighted by Gasteiger charge is 2.31. The predicted octanol–water partition coefficient (Wildman–Crippen LogP) is 2.80. The van der Waals surface area contributed by atoms with E-state index in [1.54, 1.807) is 10.9 Å². The van der Waals surface area contributed by atoms with Gasteiger partial charge in [0.2, 0.25) is 0 Å². The Morgan fingerprint density at radius 2 is 1.96 bits per heavy atom. The van der Waals surface area contributed by atoms with Gasteiger partial charge in [-0.2, -0.15) is 5.10 Å². The van der Waals surface area contributed by atoms with Crippen molar-refractivity contribution in [2.24, 2.45) is 11.8 Å². The Hall–Kier alpha value is -2.63. The average molecular weight is 341 g/mol. The summed E-state index contributed by atoms with van der Waals surface area (Å²) in [6.45, 7) is 2.25. The SMILES string of the molecule is Cc1c(C(=O)NC[C@@H]2CCCC[C@@H]2C(=O)O)cnn1-c1ccccc1. The number of para-hydroxylation sites is 1. The molecule has 3 rings (SSSR count). The summed E-state index contributed by atoms with van der Waals surface area (Å²) in [5, 5.41) is 16.5. The number of aliphatic carboxylic acids is 1. The number of nitrogens with one attached hydrogen (secondary N) is 1. The molecule has 2 atom stereocenters. The van der Waals surface area contributed by atoms with Crippen LogP contribution < -0.4 is 5.32 Å². The van der Waals surface area contributed by atoms with Gasteiger partial charge in [-0.25, -0.2) is 4.68 Å². The molecule has 1 aromatic heterocycles. The minimum Gasteiger partial charge on any atom is -0.481 e. The number of amides is 1. The molecule has 1 aromatic carbocycles. The lowest BCUT2D eigenvalue weighted by Gasteiger charge is -2.28. The van der Waals surface area contributed by atoms with Crippen molar-refractivity contribution in [2.45, 2.75) is 32.6 Å². The highest BCUT2D eigenvalue weighted by molar-refractivity contribution is 5.95. The van der Waals surface area contributed by atoms with E-state index in [4.69, 9.17) is 0 Å². The van der Waals surface area contributed by atoms with Gasteiger partial charge < -0.3 is 10.4 Å². The summed E-state index contributed by atoms with van der Waals surface area (Å²) < 4.78 is 1.73. The van der Waals surface area contributed by atoms with E-state index in [-0.39, 0.29) is 17.7 Å². The predicted molar refractivity (Wildman–Crippen MR) is 93.7 cm³/mol. The van der Waals surface area contributed by atoms with Gasteiger partial charge in [-0.3, -0.25) is 9.59 Å². The van der Waals surface area contributed by atoms with E-state index in [1.807, 2.05) is 37.3 Å². The van der Waals surface area contributed by atoms with Crippen LogP contribution in [-0.4, -0.2) is 33.3 Å². The van der Waals surface area contributed by atoms with E-state index in [1.165, 1.54) is 0 Å². The van der Waals surface area contributed by atoms with Crippen LogP contribution in [0.3, 0.4) is 0 Å². The minimum absolute atomic E-state index is 0.000302. The molecule has 132 valence electrons. The third-order valence-electron chi connectivity index (χ3n) is 5.01. The van der Waals surface area contributed by atoms with Gasteiger partial charge in [0.1, 0.15) is 0 Å². The fraction of sp³-hybridized carbons (Fsp3) is 0.421. The average Bonchev–Trinajstić information content (AvgIpc) is 3.02. The van der Waals surface area contributed by atoms with Crippen LogP contribution in [0.2, 0.25) is 0 Å². The van der Waals surface area contributed by atoms with Crippen molar-refractivity contribution in [2.75, 3.05) is 6.54 Å². The highest BCUT2D eigenvalue weighted by atomic mass is 16.4. The van der Waals surface area contributed by atoms with E-state index in [2.05, 4.69) is 10.4 Å². The van der Waals surface area contributed by atoms with E-state index in [9.17, 15) is 14.7 Å². The summed E-state index contributed by atoms with van der Waals surface area (Å²) in [5.74, 6) is -1.32. The van der Waals surface area contributed by atoms with Crippen molar-refractivity contribution in [3.8, 4) is 5.69 Å². The molecule has 0 unspecified atom stereocenters. The van der Waals surface area contributed by atoms with Crippen LogP contribution in [-0.2, 0) is 4.79 Å². The Labute approximate surface area is 146 Å². The van der Waals surface area contributed by atoms with Gasteiger partial charge >= 0.3 is 5.97 Å². The van der Waals surface area contributed by atoms with Crippen LogP contribution in [0.15, 0.2) is 36.5 Å². The first-order valence-electron chi connectivity index (χ1n) is 8.69. The summed E-state index contributed by atoms with van der Waals surface area (Å²) in [7, 11) is 0. The Kier molecular flexibility index (Phi) is 5.16. The molecule has 1 aliphatic rings. The number of carboxylic acids is 1. The molecule has 6 nitrogen and oxygen atoms in total. The molecule has 0 saturated heterocycles.